The molecule has 0 radical (unpaired) electrons. The number of hydrogen-bond acceptors (Lipinski definition) is 2. The molecule has 3 rings (SSSR count). The van der Waals surface area contributed by atoms with Crippen LogP contribution < -0.4 is 0 Å². The standard InChI is InChI=1S/C14H16N2O2S/c1-11-2-4-13(5-3-11)19(17,18)16-9-7-14-12(10-16)6-8-15-14/h2-6,8,15H,7,9-10H2,1H3. The fraction of sp³-hybridized carbons (Fsp3) is 0.286. The molecule has 19 heavy (non-hydrogen) atoms. The minimum atomic E-state index is -3.38. The highest BCUT2D eigenvalue weighted by Crippen LogP contribution is 2.24. The zero-order valence-corrected chi connectivity index (χ0v) is 11.6. The van der Waals surface area contributed by atoms with Crippen LogP contribution in [-0.2, 0) is 23.0 Å². The van der Waals surface area contributed by atoms with Gasteiger partial charge < -0.3 is 4.98 Å². The zero-order valence-electron chi connectivity index (χ0n) is 10.8. The Balaban J connectivity index is 1.92. The maximum absolute atomic E-state index is 12.5. The molecule has 0 bridgehead atoms. The molecular weight excluding hydrogens is 260 g/mol. The number of fused-ring (bicyclic) bond motifs is 1. The number of sulfonamides is 1. The number of benzene rings is 1. The third-order valence-electron chi connectivity index (χ3n) is 3.55. The Kier molecular flexibility index (Phi) is 2.95. The highest BCUT2D eigenvalue weighted by molar-refractivity contribution is 7.89. The first-order valence-corrected chi connectivity index (χ1v) is 7.73. The van der Waals surface area contributed by atoms with E-state index in [1.165, 1.54) is 0 Å². The van der Waals surface area contributed by atoms with Crippen LogP contribution in [0.15, 0.2) is 41.4 Å². The fourth-order valence-electron chi connectivity index (χ4n) is 2.39. The van der Waals surface area contributed by atoms with Gasteiger partial charge in [-0.25, -0.2) is 8.42 Å². The first-order chi connectivity index (χ1) is 9.07. The van der Waals surface area contributed by atoms with E-state index in [0.29, 0.717) is 18.0 Å². The molecule has 2 heterocycles. The summed E-state index contributed by atoms with van der Waals surface area (Å²) in [7, 11) is -3.38. The number of aryl methyl sites for hydroxylation is 1. The van der Waals surface area contributed by atoms with Crippen LogP contribution in [0.25, 0.3) is 0 Å². The summed E-state index contributed by atoms with van der Waals surface area (Å²) in [6.07, 6.45) is 2.61. The van der Waals surface area contributed by atoms with Crippen molar-refractivity contribution >= 4 is 10.0 Å². The molecule has 5 heteroatoms. The Labute approximate surface area is 113 Å². The number of H-pyrrole nitrogens is 1. The van der Waals surface area contributed by atoms with Crippen LogP contribution in [0.1, 0.15) is 16.8 Å². The van der Waals surface area contributed by atoms with Gasteiger partial charge in [-0.1, -0.05) is 17.7 Å². The molecule has 0 atom stereocenters. The van der Waals surface area contributed by atoms with E-state index in [9.17, 15) is 8.42 Å². The average Bonchev–Trinajstić information content (AvgIpc) is 2.86. The second-order valence-electron chi connectivity index (χ2n) is 4.88. The van der Waals surface area contributed by atoms with Gasteiger partial charge in [-0.05, 0) is 30.7 Å². The van der Waals surface area contributed by atoms with Gasteiger partial charge in [0.2, 0.25) is 10.0 Å². The van der Waals surface area contributed by atoms with Crippen molar-refractivity contribution in [3.63, 3.8) is 0 Å². The Morgan fingerprint density at radius 3 is 2.63 bits per heavy atom. The van der Waals surface area contributed by atoms with Gasteiger partial charge in [0.15, 0.2) is 0 Å². The van der Waals surface area contributed by atoms with Gasteiger partial charge >= 0.3 is 0 Å². The number of aromatic nitrogens is 1. The molecule has 0 fully saturated rings. The molecule has 1 aliphatic heterocycles. The molecule has 0 saturated heterocycles. The fourth-order valence-corrected chi connectivity index (χ4v) is 3.81. The molecule has 0 spiro atoms. The van der Waals surface area contributed by atoms with E-state index in [1.807, 2.05) is 31.3 Å². The number of hydrogen-bond donors (Lipinski definition) is 1. The molecule has 100 valence electrons. The molecular formula is C14H16N2O2S. The maximum atomic E-state index is 12.5. The minimum absolute atomic E-state index is 0.372. The van der Waals surface area contributed by atoms with Crippen molar-refractivity contribution < 1.29 is 8.42 Å². The Morgan fingerprint density at radius 1 is 1.16 bits per heavy atom. The summed E-state index contributed by atoms with van der Waals surface area (Å²) in [6.45, 7) is 2.93. The molecule has 1 aliphatic rings. The van der Waals surface area contributed by atoms with Crippen LogP contribution in [0, 0.1) is 6.92 Å². The van der Waals surface area contributed by atoms with E-state index in [4.69, 9.17) is 0 Å². The van der Waals surface area contributed by atoms with Crippen LogP contribution >= 0.6 is 0 Å². The van der Waals surface area contributed by atoms with Gasteiger partial charge in [0, 0.05) is 31.4 Å². The second-order valence-corrected chi connectivity index (χ2v) is 6.82. The smallest absolute Gasteiger partial charge is 0.243 e. The van der Waals surface area contributed by atoms with E-state index in [1.54, 1.807) is 16.4 Å². The second kappa shape index (κ2) is 4.51. The molecule has 0 amide bonds. The summed E-state index contributed by atoms with van der Waals surface area (Å²) in [5.41, 5.74) is 3.28. The van der Waals surface area contributed by atoms with Crippen LogP contribution in [-0.4, -0.2) is 24.3 Å². The molecule has 0 unspecified atom stereocenters. The molecule has 4 nitrogen and oxygen atoms in total. The Bertz CT molecular complexity index is 686. The first kappa shape index (κ1) is 12.4. The largest absolute Gasteiger partial charge is 0.365 e. The third kappa shape index (κ3) is 2.19. The van der Waals surface area contributed by atoms with Crippen LogP contribution in [0.4, 0.5) is 0 Å². The molecule has 0 saturated carbocycles. The summed E-state index contributed by atoms with van der Waals surface area (Å²) in [5.74, 6) is 0. The number of aromatic amines is 1. The monoisotopic (exact) mass is 276 g/mol. The lowest BCUT2D eigenvalue weighted by Gasteiger charge is -2.26. The normalized spacial score (nSPS) is 16.3. The lowest BCUT2D eigenvalue weighted by molar-refractivity contribution is 0.390. The SMILES string of the molecule is Cc1ccc(S(=O)(=O)N2CCc3[nH]ccc3C2)cc1. The predicted octanol–water partition coefficient (Wildman–Crippen LogP) is 2.07. The summed E-state index contributed by atoms with van der Waals surface area (Å²) in [6, 6.07) is 8.97. The van der Waals surface area contributed by atoms with E-state index < -0.39 is 10.0 Å². The molecule has 1 aromatic carbocycles. The summed E-state index contributed by atoms with van der Waals surface area (Å²) in [4.78, 5) is 3.53. The van der Waals surface area contributed by atoms with Gasteiger partial charge in [-0.2, -0.15) is 4.31 Å². The lowest BCUT2D eigenvalue weighted by atomic mass is 10.1. The van der Waals surface area contributed by atoms with Gasteiger partial charge in [0.1, 0.15) is 0 Å². The highest BCUT2D eigenvalue weighted by Gasteiger charge is 2.28. The first-order valence-electron chi connectivity index (χ1n) is 6.29. The summed E-state index contributed by atoms with van der Waals surface area (Å²) < 4.78 is 26.6. The summed E-state index contributed by atoms with van der Waals surface area (Å²) in [5, 5.41) is 0. The van der Waals surface area contributed by atoms with Crippen LogP contribution in [0.3, 0.4) is 0 Å². The zero-order chi connectivity index (χ0) is 13.5. The number of nitrogens with one attached hydrogen (secondary N) is 1. The number of rotatable bonds is 2. The number of nitrogens with zero attached hydrogens (tertiary/aromatic N) is 1. The maximum Gasteiger partial charge on any atom is 0.243 e. The van der Waals surface area contributed by atoms with Crippen LogP contribution in [0.5, 0.6) is 0 Å². The third-order valence-corrected chi connectivity index (χ3v) is 5.41. The molecule has 2 aromatic rings. The van der Waals surface area contributed by atoms with Gasteiger partial charge in [0.25, 0.3) is 0 Å². The van der Waals surface area contributed by atoms with Crippen molar-refractivity contribution in [3.05, 3.63) is 53.3 Å². The average molecular weight is 276 g/mol. The molecule has 1 N–H and O–H groups in total. The Hall–Kier alpha value is -1.59. The topological polar surface area (TPSA) is 53.2 Å². The van der Waals surface area contributed by atoms with Crippen molar-refractivity contribution in [2.75, 3.05) is 6.54 Å². The van der Waals surface area contributed by atoms with Crippen molar-refractivity contribution in [3.8, 4) is 0 Å². The van der Waals surface area contributed by atoms with E-state index in [-0.39, 0.29) is 0 Å². The van der Waals surface area contributed by atoms with Gasteiger partial charge in [-0.3, -0.25) is 0 Å². The van der Waals surface area contributed by atoms with Crippen molar-refractivity contribution in [2.24, 2.45) is 0 Å². The van der Waals surface area contributed by atoms with Gasteiger partial charge in [-0.15, -0.1) is 0 Å². The van der Waals surface area contributed by atoms with Gasteiger partial charge in [0.05, 0.1) is 4.90 Å². The highest BCUT2D eigenvalue weighted by atomic mass is 32.2. The lowest BCUT2D eigenvalue weighted by Crippen LogP contribution is -2.35. The minimum Gasteiger partial charge on any atom is -0.365 e. The van der Waals surface area contributed by atoms with Crippen molar-refractivity contribution in [1.82, 2.24) is 9.29 Å². The Morgan fingerprint density at radius 2 is 1.89 bits per heavy atom. The predicted molar refractivity (Wildman–Crippen MR) is 73.3 cm³/mol. The van der Waals surface area contributed by atoms with E-state index in [0.717, 1.165) is 23.2 Å². The van der Waals surface area contributed by atoms with E-state index >= 15 is 0 Å². The van der Waals surface area contributed by atoms with Crippen molar-refractivity contribution in [2.45, 2.75) is 24.8 Å². The molecule has 0 aliphatic carbocycles. The quantitative estimate of drug-likeness (QED) is 0.913. The van der Waals surface area contributed by atoms with Crippen molar-refractivity contribution in [1.29, 1.82) is 0 Å². The van der Waals surface area contributed by atoms with Crippen LogP contribution in [0.2, 0.25) is 0 Å². The summed E-state index contributed by atoms with van der Waals surface area (Å²) >= 11 is 0. The van der Waals surface area contributed by atoms with E-state index in [2.05, 4.69) is 4.98 Å². The molecule has 1 aromatic heterocycles.